The fraction of sp³-hybridized carbons (Fsp3) is 0.562. The minimum atomic E-state index is -0.219. The van der Waals surface area contributed by atoms with E-state index in [0.717, 1.165) is 19.5 Å². The lowest BCUT2D eigenvalue weighted by atomic mass is 9.75. The van der Waals surface area contributed by atoms with Gasteiger partial charge in [0.15, 0.2) is 0 Å². The molecule has 0 aromatic heterocycles. The van der Waals surface area contributed by atoms with Gasteiger partial charge in [-0.3, -0.25) is 4.79 Å². The monoisotopic (exact) mass is 260 g/mol. The summed E-state index contributed by atoms with van der Waals surface area (Å²) in [6, 6.07) is 10.2. The molecule has 0 bridgehead atoms. The van der Waals surface area contributed by atoms with Crippen molar-refractivity contribution in [1.82, 2.24) is 10.2 Å². The van der Waals surface area contributed by atoms with Gasteiger partial charge in [-0.25, -0.2) is 0 Å². The molecule has 104 valence electrons. The predicted octanol–water partition coefficient (Wildman–Crippen LogP) is 2.28. The molecule has 1 atom stereocenters. The summed E-state index contributed by atoms with van der Waals surface area (Å²) >= 11 is 0. The van der Waals surface area contributed by atoms with Crippen molar-refractivity contribution in [1.29, 1.82) is 0 Å². The first-order valence-electron chi connectivity index (χ1n) is 7.06. The summed E-state index contributed by atoms with van der Waals surface area (Å²) in [5, 5.41) is 3.35. The van der Waals surface area contributed by atoms with E-state index in [1.807, 2.05) is 30.1 Å². The first-order chi connectivity index (χ1) is 9.06. The van der Waals surface area contributed by atoms with Gasteiger partial charge in [0, 0.05) is 20.1 Å². The second-order valence-electron chi connectivity index (χ2n) is 5.88. The van der Waals surface area contributed by atoms with E-state index in [1.165, 1.54) is 5.56 Å². The van der Waals surface area contributed by atoms with Crippen molar-refractivity contribution in [3.63, 3.8) is 0 Å². The average Bonchev–Trinajstić information content (AvgIpc) is 2.89. The minimum absolute atomic E-state index is 0.219. The van der Waals surface area contributed by atoms with Crippen LogP contribution >= 0.6 is 0 Å². The number of nitrogens with zero attached hydrogens (tertiary/aromatic N) is 1. The van der Waals surface area contributed by atoms with Gasteiger partial charge in [0.25, 0.3) is 0 Å². The highest BCUT2D eigenvalue weighted by Gasteiger charge is 2.45. The number of hydrogen-bond donors (Lipinski definition) is 1. The van der Waals surface area contributed by atoms with E-state index < -0.39 is 0 Å². The van der Waals surface area contributed by atoms with E-state index >= 15 is 0 Å². The largest absolute Gasteiger partial charge is 0.341 e. The first-order valence-corrected chi connectivity index (χ1v) is 7.06. The third kappa shape index (κ3) is 2.81. The fourth-order valence-electron chi connectivity index (χ4n) is 2.94. The van der Waals surface area contributed by atoms with Crippen molar-refractivity contribution in [3.05, 3.63) is 35.9 Å². The quantitative estimate of drug-likeness (QED) is 0.901. The van der Waals surface area contributed by atoms with E-state index in [1.54, 1.807) is 0 Å². The molecule has 1 aliphatic rings. The highest BCUT2D eigenvalue weighted by atomic mass is 16.2. The standard InChI is InChI=1S/C16H24N2O/c1-13(2)16(9-10-17-12-16)15(19)18(3)11-14-7-5-4-6-8-14/h4-8,13,17H,9-12H2,1-3H3. The zero-order valence-corrected chi connectivity index (χ0v) is 12.1. The Morgan fingerprint density at radius 2 is 2.05 bits per heavy atom. The van der Waals surface area contributed by atoms with Gasteiger partial charge < -0.3 is 10.2 Å². The maximum Gasteiger partial charge on any atom is 0.230 e. The zero-order chi connectivity index (χ0) is 13.9. The molecule has 0 radical (unpaired) electrons. The molecule has 1 N–H and O–H groups in total. The van der Waals surface area contributed by atoms with Gasteiger partial charge in [0.1, 0.15) is 0 Å². The van der Waals surface area contributed by atoms with Crippen LogP contribution in [-0.4, -0.2) is 30.9 Å². The summed E-state index contributed by atoms with van der Waals surface area (Å²) in [6.45, 7) is 6.75. The van der Waals surface area contributed by atoms with Crippen LogP contribution in [0.1, 0.15) is 25.8 Å². The molecule has 1 unspecified atom stereocenters. The first kappa shape index (κ1) is 14.1. The Morgan fingerprint density at radius 3 is 2.58 bits per heavy atom. The van der Waals surface area contributed by atoms with E-state index in [-0.39, 0.29) is 11.3 Å². The maximum atomic E-state index is 12.8. The van der Waals surface area contributed by atoms with Gasteiger partial charge in [-0.15, -0.1) is 0 Å². The highest BCUT2D eigenvalue weighted by Crippen LogP contribution is 2.36. The molecule has 1 aromatic carbocycles. The molecular weight excluding hydrogens is 236 g/mol. The van der Waals surface area contributed by atoms with Crippen molar-refractivity contribution >= 4 is 5.91 Å². The summed E-state index contributed by atoms with van der Waals surface area (Å²) in [4.78, 5) is 14.7. The molecule has 19 heavy (non-hydrogen) atoms. The number of benzene rings is 1. The number of carbonyl (C=O) groups excluding carboxylic acids is 1. The lowest BCUT2D eigenvalue weighted by molar-refractivity contribution is -0.142. The summed E-state index contributed by atoms with van der Waals surface area (Å²) in [6.07, 6.45) is 0.947. The predicted molar refractivity (Wildman–Crippen MR) is 77.7 cm³/mol. The van der Waals surface area contributed by atoms with Crippen LogP contribution in [-0.2, 0) is 11.3 Å². The normalized spacial score (nSPS) is 22.7. The Hall–Kier alpha value is -1.35. The Balaban J connectivity index is 2.10. The molecule has 1 heterocycles. The number of amides is 1. The van der Waals surface area contributed by atoms with Crippen LogP contribution in [0.3, 0.4) is 0 Å². The lowest BCUT2D eigenvalue weighted by Gasteiger charge is -2.35. The molecule has 0 aliphatic carbocycles. The van der Waals surface area contributed by atoms with Crippen LogP contribution in [0.4, 0.5) is 0 Å². The lowest BCUT2D eigenvalue weighted by Crippen LogP contribution is -2.46. The smallest absolute Gasteiger partial charge is 0.230 e. The SMILES string of the molecule is CC(C)C1(C(=O)N(C)Cc2ccccc2)CCNC1. The van der Waals surface area contributed by atoms with Crippen LogP contribution in [0.2, 0.25) is 0 Å². The molecule has 0 spiro atoms. The highest BCUT2D eigenvalue weighted by molar-refractivity contribution is 5.83. The number of nitrogens with one attached hydrogen (secondary N) is 1. The maximum absolute atomic E-state index is 12.8. The summed E-state index contributed by atoms with van der Waals surface area (Å²) in [7, 11) is 1.91. The molecule has 1 aliphatic heterocycles. The molecule has 0 saturated carbocycles. The number of rotatable bonds is 4. The van der Waals surface area contributed by atoms with Gasteiger partial charge in [-0.2, -0.15) is 0 Å². The van der Waals surface area contributed by atoms with Gasteiger partial charge >= 0.3 is 0 Å². The molecular formula is C16H24N2O. The third-order valence-electron chi connectivity index (χ3n) is 4.33. The average molecular weight is 260 g/mol. The Morgan fingerprint density at radius 1 is 1.37 bits per heavy atom. The summed E-state index contributed by atoms with van der Waals surface area (Å²) in [5.41, 5.74) is 0.965. The molecule has 1 fully saturated rings. The molecule has 1 amide bonds. The Labute approximate surface area is 116 Å². The Kier molecular flexibility index (Phi) is 4.25. The van der Waals surface area contributed by atoms with E-state index in [0.29, 0.717) is 12.5 Å². The van der Waals surface area contributed by atoms with Gasteiger partial charge in [-0.05, 0) is 24.4 Å². The molecule has 3 nitrogen and oxygen atoms in total. The minimum Gasteiger partial charge on any atom is -0.341 e. The van der Waals surface area contributed by atoms with Crippen LogP contribution in [0, 0.1) is 11.3 Å². The molecule has 1 aromatic rings. The van der Waals surface area contributed by atoms with Gasteiger partial charge in [-0.1, -0.05) is 44.2 Å². The zero-order valence-electron chi connectivity index (χ0n) is 12.1. The topological polar surface area (TPSA) is 32.3 Å². The third-order valence-corrected chi connectivity index (χ3v) is 4.33. The van der Waals surface area contributed by atoms with Gasteiger partial charge in [0.2, 0.25) is 5.91 Å². The molecule has 2 rings (SSSR count). The van der Waals surface area contributed by atoms with Crippen molar-refractivity contribution in [3.8, 4) is 0 Å². The molecule has 1 saturated heterocycles. The number of hydrogen-bond acceptors (Lipinski definition) is 2. The fourth-order valence-corrected chi connectivity index (χ4v) is 2.94. The van der Waals surface area contributed by atoms with Gasteiger partial charge in [0.05, 0.1) is 5.41 Å². The summed E-state index contributed by atoms with van der Waals surface area (Å²) < 4.78 is 0. The summed E-state index contributed by atoms with van der Waals surface area (Å²) in [5.74, 6) is 0.643. The van der Waals surface area contributed by atoms with E-state index in [9.17, 15) is 4.79 Å². The van der Waals surface area contributed by atoms with Crippen molar-refractivity contribution in [2.24, 2.45) is 11.3 Å². The van der Waals surface area contributed by atoms with Crippen LogP contribution in [0.5, 0.6) is 0 Å². The van der Waals surface area contributed by atoms with E-state index in [4.69, 9.17) is 0 Å². The van der Waals surface area contributed by atoms with Crippen LogP contribution < -0.4 is 5.32 Å². The van der Waals surface area contributed by atoms with Crippen LogP contribution in [0.15, 0.2) is 30.3 Å². The number of carbonyl (C=O) groups is 1. The van der Waals surface area contributed by atoms with E-state index in [2.05, 4.69) is 31.3 Å². The van der Waals surface area contributed by atoms with Crippen LogP contribution in [0.25, 0.3) is 0 Å². The van der Waals surface area contributed by atoms with Crippen molar-refractivity contribution in [2.45, 2.75) is 26.8 Å². The second-order valence-corrected chi connectivity index (χ2v) is 5.88. The molecule has 3 heteroatoms. The van der Waals surface area contributed by atoms with Crippen molar-refractivity contribution in [2.75, 3.05) is 20.1 Å². The Bertz CT molecular complexity index is 422. The van der Waals surface area contributed by atoms with Crippen molar-refractivity contribution < 1.29 is 4.79 Å². The second kappa shape index (κ2) is 5.74.